The first-order valence-corrected chi connectivity index (χ1v) is 7.04. The Bertz CT molecular complexity index is 480. The first-order chi connectivity index (χ1) is 8.65. The lowest BCUT2D eigenvalue weighted by Crippen LogP contribution is -2.35. The van der Waals surface area contributed by atoms with Crippen molar-refractivity contribution in [1.29, 1.82) is 0 Å². The third-order valence-corrected chi connectivity index (χ3v) is 4.27. The molecule has 1 unspecified atom stereocenters. The van der Waals surface area contributed by atoms with E-state index >= 15 is 0 Å². The molecule has 1 aliphatic rings. The zero-order chi connectivity index (χ0) is 13.0. The normalized spacial score (nSPS) is 18.8. The van der Waals surface area contributed by atoms with Gasteiger partial charge in [0.2, 0.25) is 5.91 Å². The van der Waals surface area contributed by atoms with Crippen molar-refractivity contribution in [2.45, 2.75) is 24.6 Å². The van der Waals surface area contributed by atoms with Gasteiger partial charge in [0, 0.05) is 29.7 Å². The Balaban J connectivity index is 1.86. The van der Waals surface area contributed by atoms with Gasteiger partial charge in [0.05, 0.1) is 0 Å². The summed E-state index contributed by atoms with van der Waals surface area (Å²) in [5.74, 6) is 1.03. The standard InChI is InChI=1S/C12H17N3O2S/c13-9-3-4-12(17)15(7-9)8-11(16)14-6-10-2-1-5-18-10/h3-4,7,10H,1-2,5-6,8,13H2,(H,14,16). The Labute approximate surface area is 110 Å². The lowest BCUT2D eigenvalue weighted by molar-refractivity contribution is -0.121. The maximum absolute atomic E-state index is 11.7. The molecule has 5 nitrogen and oxygen atoms in total. The number of nitrogens with two attached hydrogens (primary N) is 1. The maximum Gasteiger partial charge on any atom is 0.251 e. The van der Waals surface area contributed by atoms with Crippen molar-refractivity contribution in [3.63, 3.8) is 0 Å². The minimum absolute atomic E-state index is 0.0290. The van der Waals surface area contributed by atoms with E-state index in [1.807, 2.05) is 11.8 Å². The van der Waals surface area contributed by atoms with E-state index in [-0.39, 0.29) is 18.0 Å². The third kappa shape index (κ3) is 3.53. The molecule has 1 saturated heterocycles. The van der Waals surface area contributed by atoms with Crippen molar-refractivity contribution in [3.8, 4) is 0 Å². The van der Waals surface area contributed by atoms with Crippen LogP contribution in [0.2, 0.25) is 0 Å². The fourth-order valence-electron chi connectivity index (χ4n) is 1.92. The van der Waals surface area contributed by atoms with Crippen LogP contribution in [0.4, 0.5) is 5.69 Å². The Morgan fingerprint density at radius 2 is 2.39 bits per heavy atom. The Morgan fingerprint density at radius 1 is 1.56 bits per heavy atom. The maximum atomic E-state index is 11.7. The third-order valence-electron chi connectivity index (χ3n) is 2.87. The molecule has 1 aromatic heterocycles. The lowest BCUT2D eigenvalue weighted by atomic mass is 10.2. The van der Waals surface area contributed by atoms with Crippen molar-refractivity contribution >= 4 is 23.4 Å². The monoisotopic (exact) mass is 267 g/mol. The molecule has 6 heteroatoms. The van der Waals surface area contributed by atoms with Gasteiger partial charge in [0.25, 0.3) is 5.56 Å². The van der Waals surface area contributed by atoms with Crippen LogP contribution in [0.25, 0.3) is 0 Å². The first-order valence-electron chi connectivity index (χ1n) is 5.99. The molecule has 0 saturated carbocycles. The van der Waals surface area contributed by atoms with E-state index in [9.17, 15) is 9.59 Å². The number of hydrogen-bond donors (Lipinski definition) is 2. The van der Waals surface area contributed by atoms with Gasteiger partial charge in [0.15, 0.2) is 0 Å². The second-order valence-electron chi connectivity index (χ2n) is 4.37. The number of nitrogens with zero attached hydrogens (tertiary/aromatic N) is 1. The van der Waals surface area contributed by atoms with Gasteiger partial charge >= 0.3 is 0 Å². The number of nitrogen functional groups attached to an aromatic ring is 1. The summed E-state index contributed by atoms with van der Waals surface area (Å²) in [5, 5.41) is 3.38. The SMILES string of the molecule is Nc1ccc(=O)n(CC(=O)NCC2CCCS2)c1. The second kappa shape index (κ2) is 5.95. The van der Waals surface area contributed by atoms with Crippen molar-refractivity contribution in [2.75, 3.05) is 18.0 Å². The van der Waals surface area contributed by atoms with Crippen molar-refractivity contribution < 1.29 is 4.79 Å². The number of anilines is 1. The number of hydrogen-bond acceptors (Lipinski definition) is 4. The highest BCUT2D eigenvalue weighted by molar-refractivity contribution is 8.00. The molecule has 1 amide bonds. The minimum Gasteiger partial charge on any atom is -0.398 e. The van der Waals surface area contributed by atoms with Crippen molar-refractivity contribution in [2.24, 2.45) is 0 Å². The molecule has 1 aromatic rings. The quantitative estimate of drug-likeness (QED) is 0.830. The average Bonchev–Trinajstić information content (AvgIpc) is 2.84. The van der Waals surface area contributed by atoms with Crippen LogP contribution in [-0.4, -0.2) is 28.0 Å². The van der Waals surface area contributed by atoms with Gasteiger partial charge in [0.1, 0.15) is 6.54 Å². The van der Waals surface area contributed by atoms with Gasteiger partial charge in [-0.25, -0.2) is 0 Å². The molecule has 1 fully saturated rings. The summed E-state index contributed by atoms with van der Waals surface area (Å²) in [5.41, 5.74) is 5.85. The van der Waals surface area contributed by atoms with Crippen molar-refractivity contribution in [1.82, 2.24) is 9.88 Å². The van der Waals surface area contributed by atoms with E-state index < -0.39 is 0 Å². The summed E-state index contributed by atoms with van der Waals surface area (Å²) < 4.78 is 1.33. The largest absolute Gasteiger partial charge is 0.398 e. The first kappa shape index (κ1) is 13.0. The number of rotatable bonds is 4. The van der Waals surface area contributed by atoms with Gasteiger partial charge in [-0.05, 0) is 24.7 Å². The van der Waals surface area contributed by atoms with Gasteiger partial charge in [-0.2, -0.15) is 11.8 Å². The van der Waals surface area contributed by atoms with Crippen LogP contribution < -0.4 is 16.6 Å². The van der Waals surface area contributed by atoms with Crippen LogP contribution in [0.15, 0.2) is 23.1 Å². The van der Waals surface area contributed by atoms with Crippen LogP contribution >= 0.6 is 11.8 Å². The van der Waals surface area contributed by atoms with Crippen molar-refractivity contribution in [3.05, 3.63) is 28.7 Å². The molecule has 1 aliphatic heterocycles. The van der Waals surface area contributed by atoms with E-state index in [2.05, 4.69) is 5.32 Å². The molecular weight excluding hydrogens is 250 g/mol. The zero-order valence-corrected chi connectivity index (χ0v) is 10.9. The topological polar surface area (TPSA) is 77.1 Å². The molecule has 0 aromatic carbocycles. The zero-order valence-electron chi connectivity index (χ0n) is 10.1. The fourth-order valence-corrected chi connectivity index (χ4v) is 3.12. The summed E-state index contributed by atoms with van der Waals surface area (Å²) in [6.45, 7) is 0.710. The van der Waals surface area contributed by atoms with Gasteiger partial charge in [-0.1, -0.05) is 0 Å². The summed E-state index contributed by atoms with van der Waals surface area (Å²) >= 11 is 1.89. The van der Waals surface area contributed by atoms with Gasteiger partial charge < -0.3 is 15.6 Å². The molecular formula is C12H17N3O2S. The van der Waals surface area contributed by atoms with Crippen LogP contribution in [0.3, 0.4) is 0 Å². The van der Waals surface area contributed by atoms with Gasteiger partial charge in [-0.15, -0.1) is 0 Å². The molecule has 2 rings (SSSR count). The van der Waals surface area contributed by atoms with E-state index in [0.29, 0.717) is 17.5 Å². The number of amides is 1. The number of nitrogens with one attached hydrogen (secondary N) is 1. The summed E-state index contributed by atoms with van der Waals surface area (Å²) in [6, 6.07) is 2.90. The molecule has 98 valence electrons. The summed E-state index contributed by atoms with van der Waals surface area (Å²) in [6.07, 6.45) is 3.87. The molecule has 1 atom stereocenters. The van der Waals surface area contributed by atoms with E-state index in [1.165, 1.54) is 35.1 Å². The summed E-state index contributed by atoms with van der Waals surface area (Å²) in [7, 11) is 0. The molecule has 0 aliphatic carbocycles. The Kier molecular flexibility index (Phi) is 4.30. The highest BCUT2D eigenvalue weighted by Gasteiger charge is 2.16. The van der Waals surface area contributed by atoms with Crippen LogP contribution in [0, 0.1) is 0 Å². The second-order valence-corrected chi connectivity index (χ2v) is 5.78. The smallest absolute Gasteiger partial charge is 0.251 e. The molecule has 0 bridgehead atoms. The summed E-state index contributed by atoms with van der Waals surface area (Å²) in [4.78, 5) is 23.2. The molecule has 18 heavy (non-hydrogen) atoms. The number of pyridine rings is 1. The van der Waals surface area contributed by atoms with E-state index in [0.717, 1.165) is 6.42 Å². The van der Waals surface area contributed by atoms with Crippen LogP contribution in [0.1, 0.15) is 12.8 Å². The molecule has 2 heterocycles. The highest BCUT2D eigenvalue weighted by Crippen LogP contribution is 2.25. The number of carbonyl (C=O) groups is 1. The lowest BCUT2D eigenvalue weighted by Gasteiger charge is -2.11. The van der Waals surface area contributed by atoms with Crippen LogP contribution in [-0.2, 0) is 11.3 Å². The highest BCUT2D eigenvalue weighted by atomic mass is 32.2. The average molecular weight is 267 g/mol. The number of aromatic nitrogens is 1. The minimum atomic E-state index is -0.213. The molecule has 0 radical (unpaired) electrons. The Morgan fingerprint density at radius 3 is 3.11 bits per heavy atom. The number of carbonyl (C=O) groups excluding carboxylic acids is 1. The van der Waals surface area contributed by atoms with Crippen LogP contribution in [0.5, 0.6) is 0 Å². The van der Waals surface area contributed by atoms with Gasteiger partial charge in [-0.3, -0.25) is 9.59 Å². The molecule has 3 N–H and O–H groups in total. The predicted molar refractivity (Wildman–Crippen MR) is 73.6 cm³/mol. The number of thioether (sulfide) groups is 1. The van der Waals surface area contributed by atoms with E-state index in [1.54, 1.807) is 0 Å². The molecule has 0 spiro atoms. The van der Waals surface area contributed by atoms with E-state index in [4.69, 9.17) is 5.73 Å². The predicted octanol–water partition coefficient (Wildman–Crippen LogP) is 0.442. The fraction of sp³-hybridized carbons (Fsp3) is 0.500. The Hall–Kier alpha value is -1.43.